The maximum atomic E-state index is 11.2. The minimum absolute atomic E-state index is 0.721. The monoisotopic (exact) mass is 359 g/mol. The fourth-order valence-electron chi connectivity index (χ4n) is 2.22. The molecule has 11 heteroatoms. The van der Waals surface area contributed by atoms with E-state index in [4.69, 9.17) is 4.74 Å². The molecule has 1 saturated heterocycles. The van der Waals surface area contributed by atoms with Crippen LogP contribution in [0.3, 0.4) is 0 Å². The predicted molar refractivity (Wildman–Crippen MR) is 70.9 cm³/mol. The molecule has 1 heterocycles. The highest BCUT2D eigenvalue weighted by Crippen LogP contribution is 2.44. The minimum atomic E-state index is -7.21. The zero-order valence-electron chi connectivity index (χ0n) is 13.3. The van der Waals surface area contributed by atoms with Crippen molar-refractivity contribution in [2.45, 2.75) is 51.7 Å². The molecular weight excluding hydrogens is 337 g/mol. The SMILES string of the molecule is CCOC[N+]1(C(C)C)CCCC1.F[B-](F)(F)C(F)(F)C(F)(F)F. The number of alkyl halides is 5. The molecule has 0 amide bonds. The molecule has 0 atom stereocenters. The fraction of sp³-hybridized carbons (Fsp3) is 1.00. The Labute approximate surface area is 130 Å². The molecule has 0 radical (unpaired) electrons. The first-order valence-electron chi connectivity index (χ1n) is 7.28. The lowest BCUT2D eigenvalue weighted by molar-refractivity contribution is -0.954. The van der Waals surface area contributed by atoms with Crippen LogP contribution in [0.15, 0.2) is 0 Å². The molecule has 0 bridgehead atoms. The summed E-state index contributed by atoms with van der Waals surface area (Å²) < 4.78 is 94.6. The van der Waals surface area contributed by atoms with Gasteiger partial charge >= 0.3 is 19.0 Å². The second-order valence-electron chi connectivity index (χ2n) is 5.78. The van der Waals surface area contributed by atoms with E-state index in [1.807, 2.05) is 0 Å². The lowest BCUT2D eigenvalue weighted by Crippen LogP contribution is -2.53. The highest BCUT2D eigenvalue weighted by atomic mass is 19.4. The molecule has 0 aliphatic carbocycles. The molecule has 0 saturated carbocycles. The van der Waals surface area contributed by atoms with Gasteiger partial charge < -0.3 is 17.7 Å². The first kappa shape index (κ1) is 22.4. The van der Waals surface area contributed by atoms with Crippen molar-refractivity contribution in [2.24, 2.45) is 0 Å². The van der Waals surface area contributed by atoms with Crippen molar-refractivity contribution < 1.29 is 44.1 Å². The quantitative estimate of drug-likeness (QED) is 0.397. The first-order chi connectivity index (χ1) is 10.2. The van der Waals surface area contributed by atoms with Crippen LogP contribution in [0, 0.1) is 0 Å². The number of ether oxygens (including phenoxy) is 1. The van der Waals surface area contributed by atoms with Crippen LogP contribution in [0.1, 0.15) is 33.6 Å². The second-order valence-corrected chi connectivity index (χ2v) is 5.78. The second kappa shape index (κ2) is 8.00. The van der Waals surface area contributed by atoms with Gasteiger partial charge in [0.25, 0.3) is 0 Å². The molecule has 140 valence electrons. The van der Waals surface area contributed by atoms with E-state index in [1.165, 1.54) is 30.4 Å². The van der Waals surface area contributed by atoms with Gasteiger partial charge in [0.15, 0.2) is 6.73 Å². The molecule has 1 rings (SSSR count). The van der Waals surface area contributed by atoms with Crippen molar-refractivity contribution in [1.29, 1.82) is 0 Å². The maximum Gasteiger partial charge on any atom is 0.558 e. The van der Waals surface area contributed by atoms with Crippen LogP contribution in [0.5, 0.6) is 0 Å². The average Bonchev–Trinajstić information content (AvgIpc) is 2.84. The summed E-state index contributed by atoms with van der Waals surface area (Å²) in [6.07, 6.45) is -3.79. The largest absolute Gasteiger partial charge is 0.558 e. The summed E-state index contributed by atoms with van der Waals surface area (Å²) in [5, 5.41) is 0. The van der Waals surface area contributed by atoms with E-state index in [0.717, 1.165) is 19.4 Å². The normalized spacial score (nSPS) is 18.8. The zero-order chi connectivity index (χ0) is 18.5. The molecule has 1 aliphatic rings. The number of quaternary nitrogens is 1. The Bertz CT molecular complexity index is 334. The Balaban J connectivity index is 0.000000423. The number of hydrogen-bond donors (Lipinski definition) is 0. The van der Waals surface area contributed by atoms with Crippen LogP contribution >= 0.6 is 0 Å². The van der Waals surface area contributed by atoms with Crippen LogP contribution < -0.4 is 0 Å². The molecule has 0 aromatic rings. The lowest BCUT2D eigenvalue weighted by atomic mass is 9.80. The van der Waals surface area contributed by atoms with Gasteiger partial charge in [0, 0.05) is 19.4 Å². The third-order valence-electron chi connectivity index (χ3n) is 3.89. The third-order valence-corrected chi connectivity index (χ3v) is 3.89. The van der Waals surface area contributed by atoms with E-state index in [1.54, 1.807) is 0 Å². The van der Waals surface area contributed by atoms with Crippen molar-refractivity contribution in [3.05, 3.63) is 0 Å². The van der Waals surface area contributed by atoms with Gasteiger partial charge in [0.05, 0.1) is 19.1 Å². The fourth-order valence-corrected chi connectivity index (χ4v) is 2.22. The van der Waals surface area contributed by atoms with Crippen molar-refractivity contribution in [1.82, 2.24) is 0 Å². The van der Waals surface area contributed by atoms with E-state index in [-0.39, 0.29) is 0 Å². The van der Waals surface area contributed by atoms with Crippen molar-refractivity contribution in [3.8, 4) is 0 Å². The molecule has 0 N–H and O–H groups in total. The summed E-state index contributed by atoms with van der Waals surface area (Å²) in [5.74, 6) is -6.56. The number of rotatable bonds is 5. The molecule has 0 unspecified atom stereocenters. The smallest absolute Gasteiger partial charge is 0.445 e. The van der Waals surface area contributed by atoms with E-state index < -0.39 is 19.0 Å². The van der Waals surface area contributed by atoms with Crippen LogP contribution in [0.25, 0.3) is 0 Å². The Morgan fingerprint density at radius 3 is 1.65 bits per heavy atom. The lowest BCUT2D eigenvalue weighted by Gasteiger charge is -2.37. The van der Waals surface area contributed by atoms with E-state index in [2.05, 4.69) is 20.8 Å². The summed E-state index contributed by atoms with van der Waals surface area (Å²) in [6.45, 7) is 3.90. The number of hydrogen-bond acceptors (Lipinski definition) is 1. The minimum Gasteiger partial charge on any atom is -0.445 e. The van der Waals surface area contributed by atoms with E-state index >= 15 is 0 Å². The number of halogens is 8. The Kier molecular flexibility index (Phi) is 7.80. The van der Waals surface area contributed by atoms with Crippen LogP contribution in [0.4, 0.5) is 34.9 Å². The summed E-state index contributed by atoms with van der Waals surface area (Å²) in [7, 11) is 0. The average molecular weight is 359 g/mol. The van der Waals surface area contributed by atoms with Crippen molar-refractivity contribution >= 4 is 6.98 Å². The predicted octanol–water partition coefficient (Wildman–Crippen LogP) is 4.57. The summed E-state index contributed by atoms with van der Waals surface area (Å²) >= 11 is 0. The summed E-state index contributed by atoms with van der Waals surface area (Å²) in [5.41, 5.74) is 0. The van der Waals surface area contributed by atoms with E-state index in [9.17, 15) is 34.9 Å². The molecule has 0 aromatic carbocycles. The topological polar surface area (TPSA) is 9.23 Å². The van der Waals surface area contributed by atoms with Gasteiger partial charge in [0.1, 0.15) is 0 Å². The van der Waals surface area contributed by atoms with Gasteiger partial charge in [-0.15, -0.1) is 0 Å². The standard InChI is InChI=1S/C10H22NO.C2BF8/c1-4-12-9-11(10(2)3)7-5-6-8-11;4-1(5,2(6,7)8)3(9,10)11/h10H,4-9H2,1-3H3;/q+1;-1. The molecular formula is C12H22BF8NO. The molecule has 0 aromatic heterocycles. The van der Waals surface area contributed by atoms with Gasteiger partial charge in [-0.3, -0.25) is 4.48 Å². The highest BCUT2D eigenvalue weighted by Gasteiger charge is 2.69. The first-order valence-corrected chi connectivity index (χ1v) is 7.28. The van der Waals surface area contributed by atoms with Gasteiger partial charge in [-0.25, -0.2) is 8.78 Å². The molecule has 2 nitrogen and oxygen atoms in total. The van der Waals surface area contributed by atoms with Gasteiger partial charge in [-0.1, -0.05) is 0 Å². The molecule has 23 heavy (non-hydrogen) atoms. The van der Waals surface area contributed by atoms with Crippen molar-refractivity contribution in [3.63, 3.8) is 0 Å². The Morgan fingerprint density at radius 2 is 1.43 bits per heavy atom. The zero-order valence-corrected chi connectivity index (χ0v) is 13.3. The van der Waals surface area contributed by atoms with E-state index in [0.29, 0.717) is 0 Å². The van der Waals surface area contributed by atoms with Crippen LogP contribution in [0.2, 0.25) is 0 Å². The van der Waals surface area contributed by atoms with Crippen molar-refractivity contribution in [2.75, 3.05) is 26.4 Å². The summed E-state index contributed by atoms with van der Waals surface area (Å²) in [4.78, 5) is 0. The Morgan fingerprint density at radius 1 is 1.00 bits per heavy atom. The Hall–Kier alpha value is -0.575. The summed E-state index contributed by atoms with van der Waals surface area (Å²) in [6, 6.07) is 0.721. The molecule has 1 aliphatic heterocycles. The van der Waals surface area contributed by atoms with Gasteiger partial charge in [-0.2, -0.15) is 13.2 Å². The maximum absolute atomic E-state index is 11.2. The molecule has 1 fully saturated rings. The number of nitrogens with zero attached hydrogens (tertiary/aromatic N) is 1. The third kappa shape index (κ3) is 5.77. The van der Waals surface area contributed by atoms with Gasteiger partial charge in [0.2, 0.25) is 0 Å². The van der Waals surface area contributed by atoms with Crippen LogP contribution in [-0.4, -0.2) is 55.9 Å². The number of likely N-dealkylation sites (tertiary alicyclic amines) is 1. The van der Waals surface area contributed by atoms with Gasteiger partial charge in [-0.05, 0) is 20.8 Å². The van der Waals surface area contributed by atoms with Crippen LogP contribution in [-0.2, 0) is 4.74 Å². The highest BCUT2D eigenvalue weighted by molar-refractivity contribution is 6.61. The molecule has 0 spiro atoms.